The van der Waals surface area contributed by atoms with Crippen LogP contribution in [0.2, 0.25) is 0 Å². The number of likely N-dealkylation sites (tertiary alicyclic amines) is 1. The van der Waals surface area contributed by atoms with E-state index in [4.69, 9.17) is 0 Å². The minimum Gasteiger partial charge on any atom is -0.347 e. The number of hydrogen-bond acceptors (Lipinski definition) is 4. The van der Waals surface area contributed by atoms with Crippen LogP contribution in [-0.4, -0.2) is 55.9 Å². The third-order valence-corrected chi connectivity index (χ3v) is 7.37. The maximum Gasteiger partial charge on any atom is 0.244 e. The van der Waals surface area contributed by atoms with Crippen LogP contribution in [0.1, 0.15) is 38.5 Å². The number of rotatable bonds is 5. The Hall–Kier alpha value is -0.880. The average Bonchev–Trinajstić information content (AvgIpc) is 3.40. The molecule has 2 unspecified atom stereocenters. The summed E-state index contributed by atoms with van der Waals surface area (Å²) in [5, 5.41) is 3.02. The second-order valence-electron chi connectivity index (χ2n) is 7.70. The summed E-state index contributed by atoms with van der Waals surface area (Å²) in [7, 11) is -3.04. The van der Waals surface area contributed by atoms with Gasteiger partial charge in [-0.2, -0.15) is 0 Å². The van der Waals surface area contributed by atoms with Gasteiger partial charge in [-0.05, 0) is 63.5 Å². The summed E-state index contributed by atoms with van der Waals surface area (Å²) in [5.74, 6) is 1.45. The number of sulfone groups is 1. The van der Waals surface area contributed by atoms with E-state index in [1.807, 2.05) is 0 Å². The number of carbonyl (C=O) groups is 1. The van der Waals surface area contributed by atoms with Gasteiger partial charge in [0, 0.05) is 12.1 Å². The molecule has 1 N–H and O–H groups in total. The normalized spacial score (nSPS) is 33.6. The van der Waals surface area contributed by atoms with E-state index >= 15 is 0 Å². The lowest BCUT2D eigenvalue weighted by Crippen LogP contribution is -2.50. The fraction of sp³-hybridized carbons (Fsp3) is 0.824. The van der Waals surface area contributed by atoms with Crippen LogP contribution in [0.5, 0.6) is 0 Å². The minimum absolute atomic E-state index is 0.0369. The van der Waals surface area contributed by atoms with Crippen molar-refractivity contribution in [1.29, 1.82) is 0 Å². The second-order valence-corrected chi connectivity index (χ2v) is 9.85. The number of hydrogen-bond donors (Lipinski definition) is 1. The van der Waals surface area contributed by atoms with Crippen molar-refractivity contribution in [3.8, 4) is 0 Å². The second kappa shape index (κ2) is 5.88. The van der Waals surface area contributed by atoms with Crippen LogP contribution in [0.25, 0.3) is 0 Å². The Balaban J connectivity index is 1.45. The Bertz CT molecular complexity index is 600. The van der Waals surface area contributed by atoms with Gasteiger partial charge in [0.25, 0.3) is 0 Å². The molecular weight excluding hydrogens is 312 g/mol. The molecule has 5 nitrogen and oxygen atoms in total. The molecule has 0 aromatic heterocycles. The van der Waals surface area contributed by atoms with Crippen LogP contribution in [0, 0.1) is 11.8 Å². The number of carbonyl (C=O) groups excluding carboxylic acids is 1. The van der Waals surface area contributed by atoms with Crippen molar-refractivity contribution in [2.75, 3.05) is 24.6 Å². The Morgan fingerprint density at radius 3 is 2.17 bits per heavy atom. The molecule has 4 fully saturated rings. The largest absolute Gasteiger partial charge is 0.347 e. The maximum absolute atomic E-state index is 12.4. The molecule has 2 saturated heterocycles. The Morgan fingerprint density at radius 1 is 1.00 bits per heavy atom. The first kappa shape index (κ1) is 15.6. The van der Waals surface area contributed by atoms with Crippen LogP contribution in [-0.2, 0) is 14.6 Å². The summed E-state index contributed by atoms with van der Waals surface area (Å²) in [6, 6.07) is -0.286. The third-order valence-electron chi connectivity index (χ3n) is 5.66. The lowest BCUT2D eigenvalue weighted by Gasteiger charge is -2.28. The molecule has 4 aliphatic rings. The molecule has 0 bridgehead atoms. The van der Waals surface area contributed by atoms with Crippen LogP contribution >= 0.6 is 0 Å². The molecule has 0 spiro atoms. The van der Waals surface area contributed by atoms with Crippen molar-refractivity contribution in [1.82, 2.24) is 10.2 Å². The van der Waals surface area contributed by atoms with Crippen molar-refractivity contribution in [3.05, 3.63) is 11.6 Å². The van der Waals surface area contributed by atoms with Crippen molar-refractivity contribution in [2.45, 2.75) is 50.6 Å². The fourth-order valence-electron chi connectivity index (χ4n) is 4.18. The summed E-state index contributed by atoms with van der Waals surface area (Å²) in [5.41, 5.74) is 1.32. The quantitative estimate of drug-likeness (QED) is 0.763. The van der Waals surface area contributed by atoms with Gasteiger partial charge in [-0.1, -0.05) is 5.57 Å². The molecule has 23 heavy (non-hydrogen) atoms. The zero-order chi connectivity index (χ0) is 16.0. The SMILES string of the molecule is O=C(C=C(C1CC1)C1CC1)NC1CS(=O)(=O)CC1N1CCCC1. The van der Waals surface area contributed by atoms with Gasteiger partial charge in [0.1, 0.15) is 0 Å². The molecule has 2 aliphatic heterocycles. The molecule has 2 atom stereocenters. The Labute approximate surface area is 138 Å². The summed E-state index contributed by atoms with van der Waals surface area (Å²) in [4.78, 5) is 14.7. The summed E-state index contributed by atoms with van der Waals surface area (Å²) >= 11 is 0. The van der Waals surface area contributed by atoms with Crippen LogP contribution in [0.3, 0.4) is 0 Å². The first-order valence-corrected chi connectivity index (χ1v) is 10.8. The molecule has 2 aliphatic carbocycles. The highest BCUT2D eigenvalue weighted by Gasteiger charge is 2.42. The van der Waals surface area contributed by atoms with Crippen LogP contribution in [0.15, 0.2) is 11.6 Å². The number of allylic oxidation sites excluding steroid dienone is 1. The highest BCUT2D eigenvalue weighted by atomic mass is 32.2. The van der Waals surface area contributed by atoms with Gasteiger partial charge in [-0.3, -0.25) is 9.69 Å². The first-order valence-electron chi connectivity index (χ1n) is 8.98. The third kappa shape index (κ3) is 3.63. The number of nitrogens with zero attached hydrogens (tertiary/aromatic N) is 1. The average molecular weight is 338 g/mol. The lowest BCUT2D eigenvalue weighted by atomic mass is 10.1. The van der Waals surface area contributed by atoms with Gasteiger partial charge >= 0.3 is 0 Å². The van der Waals surface area contributed by atoms with E-state index < -0.39 is 9.84 Å². The smallest absolute Gasteiger partial charge is 0.244 e. The molecule has 2 heterocycles. The van der Waals surface area contributed by atoms with Gasteiger partial charge < -0.3 is 5.32 Å². The van der Waals surface area contributed by atoms with E-state index in [2.05, 4.69) is 10.2 Å². The maximum atomic E-state index is 12.4. The molecule has 0 aromatic carbocycles. The van der Waals surface area contributed by atoms with E-state index in [0.717, 1.165) is 25.9 Å². The molecule has 2 saturated carbocycles. The zero-order valence-corrected chi connectivity index (χ0v) is 14.4. The summed E-state index contributed by atoms with van der Waals surface area (Å²) in [6.07, 6.45) is 8.90. The monoisotopic (exact) mass is 338 g/mol. The first-order chi connectivity index (χ1) is 11.0. The van der Waals surface area contributed by atoms with Crippen molar-refractivity contribution >= 4 is 15.7 Å². The molecule has 128 valence electrons. The van der Waals surface area contributed by atoms with Crippen LogP contribution < -0.4 is 5.32 Å². The zero-order valence-electron chi connectivity index (χ0n) is 13.5. The Kier molecular flexibility index (Phi) is 4.00. The van der Waals surface area contributed by atoms with Gasteiger partial charge in [0.15, 0.2) is 9.84 Å². The highest BCUT2D eigenvalue weighted by Crippen LogP contribution is 2.48. The summed E-state index contributed by atoms with van der Waals surface area (Å²) in [6.45, 7) is 1.91. The Morgan fingerprint density at radius 2 is 1.61 bits per heavy atom. The highest BCUT2D eigenvalue weighted by molar-refractivity contribution is 7.91. The van der Waals surface area contributed by atoms with E-state index in [-0.39, 0.29) is 29.5 Å². The van der Waals surface area contributed by atoms with Crippen molar-refractivity contribution in [2.24, 2.45) is 11.8 Å². The lowest BCUT2D eigenvalue weighted by molar-refractivity contribution is -0.117. The fourth-order valence-corrected chi connectivity index (χ4v) is 6.13. The van der Waals surface area contributed by atoms with Crippen molar-refractivity contribution < 1.29 is 13.2 Å². The van der Waals surface area contributed by atoms with E-state index in [9.17, 15) is 13.2 Å². The van der Waals surface area contributed by atoms with E-state index in [0.29, 0.717) is 11.8 Å². The predicted molar refractivity (Wildman–Crippen MR) is 88.7 cm³/mol. The van der Waals surface area contributed by atoms with Gasteiger partial charge in [0.2, 0.25) is 5.91 Å². The van der Waals surface area contributed by atoms with Gasteiger partial charge in [-0.15, -0.1) is 0 Å². The molecule has 0 aromatic rings. The molecule has 6 heteroatoms. The number of nitrogens with one attached hydrogen (secondary N) is 1. The van der Waals surface area contributed by atoms with E-state index in [1.165, 1.54) is 31.3 Å². The van der Waals surface area contributed by atoms with Crippen LogP contribution in [0.4, 0.5) is 0 Å². The van der Waals surface area contributed by atoms with Crippen molar-refractivity contribution in [3.63, 3.8) is 0 Å². The molecule has 1 amide bonds. The molecule has 4 rings (SSSR count). The van der Waals surface area contributed by atoms with Gasteiger partial charge in [0.05, 0.1) is 17.5 Å². The number of amides is 1. The minimum atomic E-state index is -3.04. The van der Waals surface area contributed by atoms with E-state index in [1.54, 1.807) is 6.08 Å². The molecular formula is C17H26N2O3S. The topological polar surface area (TPSA) is 66.5 Å². The predicted octanol–water partition coefficient (Wildman–Crippen LogP) is 1.11. The standard InChI is InChI=1S/C17H26N2O3S/c20-17(9-14(12-3-4-12)13-5-6-13)18-15-10-23(21,22)11-16(15)19-7-1-2-8-19/h9,12-13,15-16H,1-8,10-11H2,(H,18,20). The van der Waals surface area contributed by atoms with Gasteiger partial charge in [-0.25, -0.2) is 8.42 Å². The molecule has 0 radical (unpaired) electrons. The summed E-state index contributed by atoms with van der Waals surface area (Å²) < 4.78 is 24.1.